The maximum atomic E-state index is 12.1. The molecule has 1 fully saturated rings. The quantitative estimate of drug-likeness (QED) is 0.684. The second kappa shape index (κ2) is 2.66. The molecule has 0 radical (unpaired) electrons. The third-order valence-electron chi connectivity index (χ3n) is 2.27. The SMILES string of the molecule is OCCCC1(C(F)(F)F)CC1. The fourth-order valence-electron chi connectivity index (χ4n) is 1.24. The molecule has 1 nitrogen and oxygen atoms in total. The third-order valence-corrected chi connectivity index (χ3v) is 2.27. The Morgan fingerprint density at radius 2 is 1.82 bits per heavy atom. The van der Waals surface area contributed by atoms with Crippen LogP contribution in [0.2, 0.25) is 0 Å². The summed E-state index contributed by atoms with van der Waals surface area (Å²) < 4.78 is 36.4. The molecule has 0 aromatic heterocycles. The van der Waals surface area contributed by atoms with Crippen LogP contribution < -0.4 is 0 Å². The van der Waals surface area contributed by atoms with Gasteiger partial charge in [-0.2, -0.15) is 13.2 Å². The van der Waals surface area contributed by atoms with Crippen LogP contribution in [0.25, 0.3) is 0 Å². The number of alkyl halides is 3. The van der Waals surface area contributed by atoms with E-state index in [1.807, 2.05) is 0 Å². The molecule has 0 amide bonds. The van der Waals surface area contributed by atoms with Crippen LogP contribution in [0.1, 0.15) is 25.7 Å². The monoisotopic (exact) mass is 168 g/mol. The molecular formula is C7H11F3O. The van der Waals surface area contributed by atoms with Crippen molar-refractivity contribution in [2.75, 3.05) is 6.61 Å². The zero-order valence-corrected chi connectivity index (χ0v) is 6.12. The summed E-state index contributed by atoms with van der Waals surface area (Å²) >= 11 is 0. The summed E-state index contributed by atoms with van der Waals surface area (Å²) in [7, 11) is 0. The Kier molecular flexibility index (Phi) is 2.14. The molecule has 1 aliphatic rings. The lowest BCUT2D eigenvalue weighted by atomic mass is 10.0. The number of hydrogen-bond donors (Lipinski definition) is 1. The Morgan fingerprint density at radius 1 is 1.27 bits per heavy atom. The summed E-state index contributed by atoms with van der Waals surface area (Å²) in [4.78, 5) is 0. The van der Waals surface area contributed by atoms with E-state index in [0.29, 0.717) is 0 Å². The van der Waals surface area contributed by atoms with Gasteiger partial charge in [0.15, 0.2) is 0 Å². The van der Waals surface area contributed by atoms with E-state index < -0.39 is 11.6 Å². The van der Waals surface area contributed by atoms with Crippen LogP contribution in [0.3, 0.4) is 0 Å². The summed E-state index contributed by atoms with van der Waals surface area (Å²) in [6.07, 6.45) is -3.21. The molecule has 0 saturated heterocycles. The Hall–Kier alpha value is -0.250. The van der Waals surface area contributed by atoms with Crippen molar-refractivity contribution in [2.45, 2.75) is 31.9 Å². The van der Waals surface area contributed by atoms with Crippen LogP contribution in [0.4, 0.5) is 13.2 Å². The molecule has 0 heterocycles. The van der Waals surface area contributed by atoms with Gasteiger partial charge in [-0.15, -0.1) is 0 Å². The summed E-state index contributed by atoms with van der Waals surface area (Å²) in [6, 6.07) is 0. The minimum atomic E-state index is -4.05. The summed E-state index contributed by atoms with van der Waals surface area (Å²) in [5.74, 6) is 0. The van der Waals surface area contributed by atoms with Crippen LogP contribution in [-0.4, -0.2) is 17.9 Å². The molecule has 0 aliphatic heterocycles. The Balaban J connectivity index is 2.41. The first-order chi connectivity index (χ1) is 5.02. The lowest BCUT2D eigenvalue weighted by Crippen LogP contribution is -2.24. The van der Waals surface area contributed by atoms with Crippen molar-refractivity contribution in [2.24, 2.45) is 5.41 Å². The molecule has 0 aromatic rings. The Morgan fingerprint density at radius 3 is 2.09 bits per heavy atom. The predicted molar refractivity (Wildman–Crippen MR) is 34.0 cm³/mol. The van der Waals surface area contributed by atoms with Crippen molar-refractivity contribution in [1.29, 1.82) is 0 Å². The minimum Gasteiger partial charge on any atom is -0.396 e. The molecule has 0 atom stereocenters. The number of rotatable bonds is 3. The van der Waals surface area contributed by atoms with Gasteiger partial charge >= 0.3 is 6.18 Å². The first-order valence-electron chi connectivity index (χ1n) is 3.69. The molecule has 4 heteroatoms. The van der Waals surface area contributed by atoms with Crippen LogP contribution in [0.15, 0.2) is 0 Å². The second-order valence-corrected chi connectivity index (χ2v) is 3.11. The van der Waals surface area contributed by atoms with Gasteiger partial charge in [0.2, 0.25) is 0 Å². The summed E-state index contributed by atoms with van der Waals surface area (Å²) in [5.41, 5.74) is -1.42. The number of aliphatic hydroxyl groups is 1. The van der Waals surface area contributed by atoms with Crippen LogP contribution >= 0.6 is 0 Å². The third kappa shape index (κ3) is 1.67. The van der Waals surface area contributed by atoms with Gasteiger partial charge in [0.1, 0.15) is 0 Å². The average Bonchev–Trinajstić information content (AvgIpc) is 2.61. The van der Waals surface area contributed by atoms with Crippen LogP contribution in [-0.2, 0) is 0 Å². The molecule has 1 rings (SSSR count). The fourth-order valence-corrected chi connectivity index (χ4v) is 1.24. The highest BCUT2D eigenvalue weighted by Gasteiger charge is 2.62. The lowest BCUT2D eigenvalue weighted by molar-refractivity contribution is -0.189. The highest BCUT2D eigenvalue weighted by Crippen LogP contribution is 2.60. The number of halogens is 3. The zero-order valence-electron chi connectivity index (χ0n) is 6.12. The van der Waals surface area contributed by atoms with Crippen molar-refractivity contribution in [3.05, 3.63) is 0 Å². The molecule has 11 heavy (non-hydrogen) atoms. The predicted octanol–water partition coefficient (Wildman–Crippen LogP) is 2.10. The molecule has 66 valence electrons. The molecule has 1 N–H and O–H groups in total. The molecule has 0 bridgehead atoms. The number of aliphatic hydroxyl groups excluding tert-OH is 1. The van der Waals surface area contributed by atoms with Crippen molar-refractivity contribution < 1.29 is 18.3 Å². The smallest absolute Gasteiger partial charge is 0.394 e. The molecule has 0 aromatic carbocycles. The van der Waals surface area contributed by atoms with Crippen molar-refractivity contribution in [1.82, 2.24) is 0 Å². The minimum absolute atomic E-state index is 0.0903. The highest BCUT2D eigenvalue weighted by molar-refractivity contribution is 4.98. The van der Waals surface area contributed by atoms with E-state index in [4.69, 9.17) is 5.11 Å². The topological polar surface area (TPSA) is 20.2 Å². The Bertz CT molecular complexity index is 137. The summed E-state index contributed by atoms with van der Waals surface area (Å²) in [6.45, 7) is -0.141. The van der Waals surface area contributed by atoms with Crippen molar-refractivity contribution in [3.8, 4) is 0 Å². The average molecular weight is 168 g/mol. The molecular weight excluding hydrogens is 157 g/mol. The molecule has 1 aliphatic carbocycles. The largest absolute Gasteiger partial charge is 0.396 e. The summed E-state index contributed by atoms with van der Waals surface area (Å²) in [5, 5.41) is 8.36. The zero-order chi connectivity index (χ0) is 8.54. The van der Waals surface area contributed by atoms with Gasteiger partial charge in [0.05, 0.1) is 5.41 Å². The lowest BCUT2D eigenvalue weighted by Gasteiger charge is -2.17. The van der Waals surface area contributed by atoms with E-state index in [0.717, 1.165) is 0 Å². The standard InChI is InChI=1S/C7H11F3O/c8-7(9,10)6(3-4-6)2-1-5-11/h11H,1-5H2. The van der Waals surface area contributed by atoms with Crippen molar-refractivity contribution in [3.63, 3.8) is 0 Å². The van der Waals surface area contributed by atoms with E-state index in [1.54, 1.807) is 0 Å². The second-order valence-electron chi connectivity index (χ2n) is 3.11. The van der Waals surface area contributed by atoms with E-state index in [2.05, 4.69) is 0 Å². The van der Waals surface area contributed by atoms with Gasteiger partial charge in [0, 0.05) is 6.61 Å². The van der Waals surface area contributed by atoms with Gasteiger partial charge in [-0.1, -0.05) is 0 Å². The van der Waals surface area contributed by atoms with Gasteiger partial charge in [0.25, 0.3) is 0 Å². The van der Waals surface area contributed by atoms with Crippen LogP contribution in [0.5, 0.6) is 0 Å². The van der Waals surface area contributed by atoms with E-state index in [9.17, 15) is 13.2 Å². The molecule has 1 saturated carbocycles. The van der Waals surface area contributed by atoms with Gasteiger partial charge in [-0.05, 0) is 25.7 Å². The maximum absolute atomic E-state index is 12.1. The molecule has 0 spiro atoms. The Labute approximate surface area is 63.2 Å². The highest BCUT2D eigenvalue weighted by atomic mass is 19.4. The van der Waals surface area contributed by atoms with Crippen molar-refractivity contribution >= 4 is 0 Å². The van der Waals surface area contributed by atoms with E-state index in [-0.39, 0.29) is 32.3 Å². The van der Waals surface area contributed by atoms with Gasteiger partial charge in [-0.3, -0.25) is 0 Å². The fraction of sp³-hybridized carbons (Fsp3) is 1.00. The first-order valence-corrected chi connectivity index (χ1v) is 3.69. The van der Waals surface area contributed by atoms with Gasteiger partial charge in [-0.25, -0.2) is 0 Å². The van der Waals surface area contributed by atoms with E-state index in [1.165, 1.54) is 0 Å². The van der Waals surface area contributed by atoms with Crippen LogP contribution in [0, 0.1) is 5.41 Å². The van der Waals surface area contributed by atoms with Gasteiger partial charge < -0.3 is 5.11 Å². The number of hydrogen-bond acceptors (Lipinski definition) is 1. The normalized spacial score (nSPS) is 21.8. The molecule has 0 unspecified atom stereocenters. The maximum Gasteiger partial charge on any atom is 0.394 e. The first kappa shape index (κ1) is 8.84. The van der Waals surface area contributed by atoms with E-state index >= 15 is 0 Å².